The number of anilines is 1. The van der Waals surface area contributed by atoms with Crippen LogP contribution in [0.2, 0.25) is 0 Å². The predicted molar refractivity (Wildman–Crippen MR) is 84.9 cm³/mol. The molecule has 0 bridgehead atoms. The Labute approximate surface area is 125 Å². The smallest absolute Gasteiger partial charge is 0.226 e. The summed E-state index contributed by atoms with van der Waals surface area (Å²) >= 11 is 0. The molecule has 0 aliphatic carbocycles. The molecule has 0 saturated carbocycles. The minimum absolute atomic E-state index is 0.201. The quantitative estimate of drug-likeness (QED) is 0.848. The summed E-state index contributed by atoms with van der Waals surface area (Å²) in [5, 5.41) is 4.06. The normalized spacial score (nSPS) is 11.6. The summed E-state index contributed by atoms with van der Waals surface area (Å²) in [4.78, 5) is 8.92. The van der Waals surface area contributed by atoms with Crippen molar-refractivity contribution in [2.24, 2.45) is 0 Å². The number of rotatable bonds is 7. The molecule has 1 aromatic carbocycles. The third-order valence-electron chi connectivity index (χ3n) is 3.40. The molecule has 0 radical (unpaired) electrons. The number of nitrogens with one attached hydrogen (secondary N) is 1. The number of methoxy groups -OCH3 is 1. The van der Waals surface area contributed by atoms with Crippen molar-refractivity contribution in [3.05, 3.63) is 24.3 Å². The van der Waals surface area contributed by atoms with E-state index in [0.29, 0.717) is 18.4 Å². The van der Waals surface area contributed by atoms with Crippen LogP contribution >= 0.6 is 0 Å². The Balaban J connectivity index is 2.20. The molecule has 5 nitrogen and oxygen atoms in total. The second-order valence-electron chi connectivity index (χ2n) is 5.46. The number of hydrogen-bond acceptors (Lipinski definition) is 5. The first-order valence-electron chi connectivity index (χ1n) is 7.24. The Kier molecular flexibility index (Phi) is 4.96. The van der Waals surface area contributed by atoms with Crippen molar-refractivity contribution in [2.45, 2.75) is 32.8 Å². The van der Waals surface area contributed by atoms with Crippen LogP contribution in [0.3, 0.4) is 0 Å². The van der Waals surface area contributed by atoms with E-state index in [4.69, 9.17) is 9.47 Å². The maximum atomic E-state index is 5.87. The highest BCUT2D eigenvalue weighted by atomic mass is 16.5. The summed E-state index contributed by atoms with van der Waals surface area (Å²) in [5.41, 5.74) is 0.678. The highest BCUT2D eigenvalue weighted by Gasteiger charge is 2.17. The van der Waals surface area contributed by atoms with Crippen molar-refractivity contribution >= 4 is 16.9 Å². The second-order valence-corrected chi connectivity index (χ2v) is 5.46. The predicted octanol–water partition coefficient (Wildman–Crippen LogP) is 3.26. The average Bonchev–Trinajstić information content (AvgIpc) is 2.47. The van der Waals surface area contributed by atoms with Gasteiger partial charge in [-0.05, 0) is 32.9 Å². The lowest BCUT2D eigenvalue weighted by atomic mass is 10.1. The highest BCUT2D eigenvalue weighted by molar-refractivity contribution is 5.84. The van der Waals surface area contributed by atoms with Crippen LogP contribution < -0.4 is 10.1 Å². The van der Waals surface area contributed by atoms with Crippen LogP contribution in [0.1, 0.15) is 27.2 Å². The van der Waals surface area contributed by atoms with E-state index in [1.54, 1.807) is 7.11 Å². The lowest BCUT2D eigenvalue weighted by Crippen LogP contribution is -2.25. The van der Waals surface area contributed by atoms with Gasteiger partial charge in [0.05, 0.1) is 23.1 Å². The standard InChI is InChI=1S/C16H23N3O2/c1-5-17-15-18-13-9-7-6-8-12(13)14(19-15)21-11-10-16(2,3)20-4/h6-9H,5,10-11H2,1-4H3,(H,17,18,19). The van der Waals surface area contributed by atoms with Gasteiger partial charge in [-0.3, -0.25) is 0 Å². The van der Waals surface area contributed by atoms with E-state index >= 15 is 0 Å². The minimum Gasteiger partial charge on any atom is -0.477 e. The third-order valence-corrected chi connectivity index (χ3v) is 3.40. The number of fused-ring (bicyclic) bond motifs is 1. The molecule has 0 aliphatic rings. The van der Waals surface area contributed by atoms with Gasteiger partial charge in [0.2, 0.25) is 11.8 Å². The van der Waals surface area contributed by atoms with Crippen LogP contribution in [-0.4, -0.2) is 35.8 Å². The van der Waals surface area contributed by atoms with Gasteiger partial charge in [0, 0.05) is 20.1 Å². The fourth-order valence-corrected chi connectivity index (χ4v) is 1.89. The molecule has 0 amide bonds. The fourth-order valence-electron chi connectivity index (χ4n) is 1.89. The van der Waals surface area contributed by atoms with Crippen LogP contribution in [0.15, 0.2) is 24.3 Å². The summed E-state index contributed by atoms with van der Waals surface area (Å²) in [7, 11) is 1.71. The van der Waals surface area contributed by atoms with Crippen LogP contribution in [0.4, 0.5) is 5.95 Å². The number of para-hydroxylation sites is 1. The molecular weight excluding hydrogens is 266 g/mol. The molecule has 0 aliphatic heterocycles. The lowest BCUT2D eigenvalue weighted by Gasteiger charge is -2.22. The first-order chi connectivity index (χ1) is 10.1. The Bertz CT molecular complexity index is 599. The van der Waals surface area contributed by atoms with Gasteiger partial charge >= 0.3 is 0 Å². The largest absolute Gasteiger partial charge is 0.477 e. The van der Waals surface area contributed by atoms with Crippen molar-refractivity contribution in [1.82, 2.24) is 9.97 Å². The molecule has 1 aromatic heterocycles. The van der Waals surface area contributed by atoms with E-state index in [1.165, 1.54) is 0 Å². The van der Waals surface area contributed by atoms with Crippen molar-refractivity contribution in [1.29, 1.82) is 0 Å². The molecule has 0 atom stereocenters. The Morgan fingerprint density at radius 2 is 1.95 bits per heavy atom. The van der Waals surface area contributed by atoms with Gasteiger partial charge in [-0.2, -0.15) is 4.98 Å². The van der Waals surface area contributed by atoms with Crippen molar-refractivity contribution in [3.8, 4) is 5.88 Å². The monoisotopic (exact) mass is 289 g/mol. The zero-order valence-electron chi connectivity index (χ0n) is 13.1. The van der Waals surface area contributed by atoms with E-state index in [1.807, 2.05) is 45.0 Å². The van der Waals surface area contributed by atoms with E-state index in [9.17, 15) is 0 Å². The molecule has 2 aromatic rings. The number of ether oxygens (including phenoxy) is 2. The molecular formula is C16H23N3O2. The zero-order valence-corrected chi connectivity index (χ0v) is 13.1. The Morgan fingerprint density at radius 3 is 2.67 bits per heavy atom. The number of aromatic nitrogens is 2. The number of benzene rings is 1. The molecule has 1 heterocycles. The van der Waals surface area contributed by atoms with E-state index in [0.717, 1.165) is 23.9 Å². The van der Waals surface area contributed by atoms with Crippen LogP contribution in [0, 0.1) is 0 Å². The summed E-state index contributed by atoms with van der Waals surface area (Å²) in [6, 6.07) is 7.86. The van der Waals surface area contributed by atoms with Crippen LogP contribution in [0.5, 0.6) is 5.88 Å². The van der Waals surface area contributed by atoms with Gasteiger partial charge in [0.1, 0.15) is 0 Å². The van der Waals surface area contributed by atoms with Gasteiger partial charge in [-0.25, -0.2) is 4.98 Å². The molecule has 0 fully saturated rings. The lowest BCUT2D eigenvalue weighted by molar-refractivity contribution is 0.00523. The number of nitrogens with zero attached hydrogens (tertiary/aromatic N) is 2. The van der Waals surface area contributed by atoms with E-state index in [2.05, 4.69) is 15.3 Å². The topological polar surface area (TPSA) is 56.3 Å². The van der Waals surface area contributed by atoms with Crippen LogP contribution in [0.25, 0.3) is 10.9 Å². The molecule has 5 heteroatoms. The molecule has 21 heavy (non-hydrogen) atoms. The van der Waals surface area contributed by atoms with Gasteiger partial charge in [-0.15, -0.1) is 0 Å². The summed E-state index contributed by atoms with van der Waals surface area (Å²) in [6.07, 6.45) is 0.790. The first-order valence-corrected chi connectivity index (χ1v) is 7.24. The summed E-state index contributed by atoms with van der Waals surface area (Å²) in [5.74, 6) is 1.21. The first kappa shape index (κ1) is 15.5. The van der Waals surface area contributed by atoms with Crippen molar-refractivity contribution in [2.75, 3.05) is 25.6 Å². The van der Waals surface area contributed by atoms with E-state index in [-0.39, 0.29) is 5.60 Å². The fraction of sp³-hybridized carbons (Fsp3) is 0.500. The van der Waals surface area contributed by atoms with Crippen molar-refractivity contribution < 1.29 is 9.47 Å². The van der Waals surface area contributed by atoms with Gasteiger partial charge in [-0.1, -0.05) is 12.1 Å². The van der Waals surface area contributed by atoms with Gasteiger partial charge < -0.3 is 14.8 Å². The molecule has 2 rings (SSSR count). The van der Waals surface area contributed by atoms with Gasteiger partial charge in [0.25, 0.3) is 0 Å². The van der Waals surface area contributed by atoms with E-state index < -0.39 is 0 Å². The Hall–Kier alpha value is -1.88. The molecule has 114 valence electrons. The molecule has 1 N–H and O–H groups in total. The minimum atomic E-state index is -0.201. The molecule has 0 saturated heterocycles. The molecule has 0 unspecified atom stereocenters. The SMILES string of the molecule is CCNc1nc(OCCC(C)(C)OC)c2ccccc2n1. The second kappa shape index (κ2) is 6.72. The van der Waals surface area contributed by atoms with Crippen molar-refractivity contribution in [3.63, 3.8) is 0 Å². The Morgan fingerprint density at radius 1 is 1.19 bits per heavy atom. The summed E-state index contributed by atoms with van der Waals surface area (Å²) in [6.45, 7) is 7.42. The number of hydrogen-bond donors (Lipinski definition) is 1. The van der Waals surface area contributed by atoms with Crippen LogP contribution in [-0.2, 0) is 4.74 Å². The zero-order chi connectivity index (χ0) is 15.3. The molecule has 0 spiro atoms. The highest BCUT2D eigenvalue weighted by Crippen LogP contribution is 2.24. The van der Waals surface area contributed by atoms with Gasteiger partial charge in [0.15, 0.2) is 0 Å². The summed E-state index contributed by atoms with van der Waals surface area (Å²) < 4.78 is 11.3. The maximum absolute atomic E-state index is 5.87. The average molecular weight is 289 g/mol. The third kappa shape index (κ3) is 4.04. The maximum Gasteiger partial charge on any atom is 0.226 e.